The van der Waals surface area contributed by atoms with Crippen molar-refractivity contribution < 1.29 is 17.9 Å². The first kappa shape index (κ1) is 12.8. The Morgan fingerprint density at radius 1 is 1.27 bits per heavy atom. The summed E-state index contributed by atoms with van der Waals surface area (Å²) in [5.74, 6) is 0. The zero-order chi connectivity index (χ0) is 11.9. The maximum absolute atomic E-state index is 12.1. The molecule has 1 rings (SSSR count). The quantitative estimate of drug-likeness (QED) is 0.779. The molecule has 1 heterocycles. The van der Waals surface area contributed by atoms with E-state index in [1.807, 2.05) is 27.7 Å². The summed E-state index contributed by atoms with van der Waals surface area (Å²) in [5, 5.41) is 2.52. The second-order valence-corrected chi connectivity index (χ2v) is 5.22. The van der Waals surface area contributed by atoms with E-state index in [1.54, 1.807) is 0 Å². The molecule has 0 spiro atoms. The van der Waals surface area contributed by atoms with Gasteiger partial charge in [0.1, 0.15) is 0 Å². The van der Waals surface area contributed by atoms with Crippen molar-refractivity contribution in [1.82, 2.24) is 5.32 Å². The molecule has 1 atom stereocenters. The molecule has 0 radical (unpaired) electrons. The lowest BCUT2D eigenvalue weighted by Gasteiger charge is -2.28. The first-order valence-electron chi connectivity index (χ1n) is 5.02. The van der Waals surface area contributed by atoms with Crippen LogP contribution in [0.4, 0.5) is 13.2 Å². The number of rotatable bonds is 2. The highest BCUT2D eigenvalue weighted by Gasteiger charge is 2.46. The number of nitrogens with one attached hydrogen (secondary N) is 1. The van der Waals surface area contributed by atoms with Crippen molar-refractivity contribution in [2.45, 2.75) is 57.5 Å². The molecule has 1 unspecified atom stereocenters. The summed E-state index contributed by atoms with van der Waals surface area (Å²) >= 11 is 0. The van der Waals surface area contributed by atoms with Gasteiger partial charge in [0.2, 0.25) is 0 Å². The molecule has 0 bridgehead atoms. The van der Waals surface area contributed by atoms with Gasteiger partial charge in [-0.15, -0.1) is 0 Å². The van der Waals surface area contributed by atoms with Crippen molar-refractivity contribution in [3.05, 3.63) is 0 Å². The largest absolute Gasteiger partial charge is 0.401 e. The van der Waals surface area contributed by atoms with E-state index >= 15 is 0 Å². The maximum Gasteiger partial charge on any atom is 0.401 e. The Labute approximate surface area is 88.2 Å². The van der Waals surface area contributed by atoms with E-state index < -0.39 is 18.3 Å². The molecule has 0 aliphatic carbocycles. The predicted octanol–water partition coefficient (Wildman–Crippen LogP) is 2.48. The summed E-state index contributed by atoms with van der Waals surface area (Å²) in [6.45, 7) is 6.46. The summed E-state index contributed by atoms with van der Waals surface area (Å²) in [5.41, 5.74) is -0.901. The third-order valence-electron chi connectivity index (χ3n) is 2.62. The van der Waals surface area contributed by atoms with Gasteiger partial charge in [0.15, 0.2) is 0 Å². The Morgan fingerprint density at radius 2 is 1.80 bits per heavy atom. The third kappa shape index (κ3) is 3.65. The van der Waals surface area contributed by atoms with Crippen LogP contribution in [0, 0.1) is 0 Å². The molecule has 1 N–H and O–H groups in total. The van der Waals surface area contributed by atoms with E-state index in [4.69, 9.17) is 4.74 Å². The van der Waals surface area contributed by atoms with Crippen molar-refractivity contribution in [3.63, 3.8) is 0 Å². The molecule has 1 aliphatic rings. The number of alkyl halides is 3. The summed E-state index contributed by atoms with van der Waals surface area (Å²) in [7, 11) is 0. The standard InChI is InChI=1S/C10H18F3NO/c1-8(2)5-7(9(3,4)15-8)14-6-10(11,12)13/h7,14H,5-6H2,1-4H3. The highest BCUT2D eigenvalue weighted by molar-refractivity contribution is 4.98. The van der Waals surface area contributed by atoms with Crippen LogP contribution in [0.2, 0.25) is 0 Å². The minimum Gasteiger partial charge on any atom is -0.368 e. The van der Waals surface area contributed by atoms with Crippen LogP contribution in [-0.4, -0.2) is 30.0 Å². The topological polar surface area (TPSA) is 21.3 Å². The zero-order valence-corrected chi connectivity index (χ0v) is 9.53. The predicted molar refractivity (Wildman–Crippen MR) is 51.7 cm³/mol. The molecule has 0 amide bonds. The van der Waals surface area contributed by atoms with Crippen molar-refractivity contribution in [3.8, 4) is 0 Å². The molecule has 1 fully saturated rings. The highest BCUT2D eigenvalue weighted by Crippen LogP contribution is 2.37. The minimum atomic E-state index is -4.16. The van der Waals surface area contributed by atoms with Gasteiger partial charge in [0.25, 0.3) is 0 Å². The Morgan fingerprint density at radius 3 is 2.13 bits per heavy atom. The van der Waals surface area contributed by atoms with Gasteiger partial charge in [-0.2, -0.15) is 13.2 Å². The summed E-state index contributed by atoms with van der Waals surface area (Å²) in [4.78, 5) is 0. The Balaban J connectivity index is 2.56. The molecule has 0 aromatic rings. The van der Waals surface area contributed by atoms with E-state index in [-0.39, 0.29) is 11.6 Å². The second kappa shape index (κ2) is 3.63. The van der Waals surface area contributed by atoms with E-state index in [1.165, 1.54) is 0 Å². The van der Waals surface area contributed by atoms with Gasteiger partial charge in [0, 0.05) is 6.04 Å². The van der Waals surface area contributed by atoms with Crippen LogP contribution in [0.5, 0.6) is 0 Å². The van der Waals surface area contributed by atoms with E-state index in [2.05, 4.69) is 5.32 Å². The van der Waals surface area contributed by atoms with Crippen molar-refractivity contribution in [2.75, 3.05) is 6.54 Å². The van der Waals surface area contributed by atoms with Gasteiger partial charge in [0.05, 0.1) is 17.7 Å². The molecule has 0 saturated carbocycles. The van der Waals surface area contributed by atoms with Gasteiger partial charge >= 0.3 is 6.18 Å². The molecule has 15 heavy (non-hydrogen) atoms. The number of hydrogen-bond acceptors (Lipinski definition) is 2. The molecule has 1 aliphatic heterocycles. The van der Waals surface area contributed by atoms with Crippen LogP contribution in [0.3, 0.4) is 0 Å². The zero-order valence-electron chi connectivity index (χ0n) is 9.53. The first-order valence-corrected chi connectivity index (χ1v) is 5.02. The molecular weight excluding hydrogens is 207 g/mol. The second-order valence-electron chi connectivity index (χ2n) is 5.22. The van der Waals surface area contributed by atoms with Crippen molar-refractivity contribution >= 4 is 0 Å². The van der Waals surface area contributed by atoms with Crippen LogP contribution in [-0.2, 0) is 4.74 Å². The summed E-state index contributed by atoms with van der Waals surface area (Å²) in [6, 6.07) is -0.255. The fourth-order valence-corrected chi connectivity index (χ4v) is 2.12. The fourth-order valence-electron chi connectivity index (χ4n) is 2.12. The van der Waals surface area contributed by atoms with Crippen molar-refractivity contribution in [2.24, 2.45) is 0 Å². The average molecular weight is 225 g/mol. The Hall–Kier alpha value is -0.290. The molecule has 2 nitrogen and oxygen atoms in total. The SMILES string of the molecule is CC1(C)CC(NCC(F)(F)F)C(C)(C)O1. The number of ether oxygens (including phenoxy) is 1. The third-order valence-corrected chi connectivity index (χ3v) is 2.62. The number of halogens is 3. The van der Waals surface area contributed by atoms with E-state index in [9.17, 15) is 13.2 Å². The molecular formula is C10H18F3NO. The van der Waals surface area contributed by atoms with E-state index in [0.29, 0.717) is 6.42 Å². The molecule has 1 saturated heterocycles. The minimum absolute atomic E-state index is 0.255. The lowest BCUT2D eigenvalue weighted by atomic mass is 9.94. The summed E-state index contributed by atoms with van der Waals surface area (Å²) in [6.07, 6.45) is -3.57. The lowest BCUT2D eigenvalue weighted by Crippen LogP contribution is -2.46. The average Bonchev–Trinajstić information content (AvgIpc) is 2.13. The smallest absolute Gasteiger partial charge is 0.368 e. The van der Waals surface area contributed by atoms with Crippen LogP contribution in [0.25, 0.3) is 0 Å². The van der Waals surface area contributed by atoms with Gasteiger partial charge < -0.3 is 10.1 Å². The van der Waals surface area contributed by atoms with Crippen LogP contribution in [0.15, 0.2) is 0 Å². The maximum atomic E-state index is 12.1. The normalized spacial score (nSPS) is 29.4. The Bertz CT molecular complexity index is 235. The number of hydrogen-bond donors (Lipinski definition) is 1. The molecule has 5 heteroatoms. The van der Waals surface area contributed by atoms with Gasteiger partial charge in [-0.05, 0) is 34.1 Å². The van der Waals surface area contributed by atoms with Gasteiger partial charge in [-0.3, -0.25) is 0 Å². The molecule has 0 aromatic heterocycles. The lowest BCUT2D eigenvalue weighted by molar-refractivity contribution is -0.129. The van der Waals surface area contributed by atoms with Crippen molar-refractivity contribution in [1.29, 1.82) is 0 Å². The highest BCUT2D eigenvalue weighted by atomic mass is 19.4. The van der Waals surface area contributed by atoms with Gasteiger partial charge in [-0.25, -0.2) is 0 Å². The fraction of sp³-hybridized carbons (Fsp3) is 1.00. The monoisotopic (exact) mass is 225 g/mol. The Kier molecular flexibility index (Phi) is 3.09. The summed E-state index contributed by atoms with van der Waals surface area (Å²) < 4.78 is 41.8. The van der Waals surface area contributed by atoms with Crippen LogP contribution in [0.1, 0.15) is 34.1 Å². The van der Waals surface area contributed by atoms with Crippen LogP contribution < -0.4 is 5.32 Å². The first-order chi connectivity index (χ1) is 6.52. The molecule has 0 aromatic carbocycles. The molecule has 90 valence electrons. The van der Waals surface area contributed by atoms with Crippen LogP contribution >= 0.6 is 0 Å². The van der Waals surface area contributed by atoms with Gasteiger partial charge in [-0.1, -0.05) is 0 Å². The van der Waals surface area contributed by atoms with E-state index in [0.717, 1.165) is 0 Å².